The van der Waals surface area contributed by atoms with Crippen LogP contribution in [0.15, 0.2) is 60.8 Å². The third-order valence-corrected chi connectivity index (χ3v) is 11.1. The first-order chi connectivity index (χ1) is 29.6. The molecule has 0 aliphatic rings. The molecule has 1 unspecified atom stereocenters. The minimum absolute atomic E-state index is 0.0772. The van der Waals surface area contributed by atoms with Gasteiger partial charge in [-0.2, -0.15) is 0 Å². The van der Waals surface area contributed by atoms with Crippen LogP contribution in [0, 0.1) is 0 Å². The Bertz CT molecular complexity index is 1040. The van der Waals surface area contributed by atoms with E-state index in [1.165, 1.54) is 141 Å². The lowest BCUT2D eigenvalue weighted by Gasteiger charge is -2.18. The number of rotatable bonds is 47. The Morgan fingerprint density at radius 1 is 0.383 bits per heavy atom. The zero-order valence-electron chi connectivity index (χ0n) is 40.0. The molecule has 0 rings (SSSR count). The predicted molar refractivity (Wildman–Crippen MR) is 261 cm³/mol. The molecule has 348 valence electrons. The minimum Gasteiger partial charge on any atom is -0.462 e. The van der Waals surface area contributed by atoms with Gasteiger partial charge in [-0.15, -0.1) is 0 Å². The van der Waals surface area contributed by atoms with Crippen LogP contribution in [0.25, 0.3) is 0 Å². The molecule has 1 atom stereocenters. The largest absolute Gasteiger partial charge is 0.462 e. The number of carbonyl (C=O) groups is 2. The molecule has 0 aliphatic heterocycles. The quantitative estimate of drug-likeness (QED) is 0.0347. The zero-order chi connectivity index (χ0) is 43.5. The number of ether oxygens (including phenoxy) is 3. The standard InChI is InChI=1S/C55H98O5/c1-4-7-10-13-16-18-20-22-24-26-27-28-30-32-34-36-38-41-44-47-50-58-51-53(60-55(57)49-46-43-39-15-12-9-6-3)52-59-54(56)48-45-42-40-37-35-33-31-29-25-23-21-19-17-14-11-8-5-2/h7,10,16,18,22,24,27-28,32,34,53H,4-6,8-9,11-15,17,19-21,23,25-26,29-31,33,35-52H2,1-3H3/b10-7-,18-16-,24-22-,28-27-,34-32-. The second kappa shape index (κ2) is 51.0. The second-order valence-corrected chi connectivity index (χ2v) is 17.1. The third-order valence-electron chi connectivity index (χ3n) is 11.1. The van der Waals surface area contributed by atoms with Gasteiger partial charge in [-0.1, -0.05) is 236 Å². The van der Waals surface area contributed by atoms with Crippen molar-refractivity contribution in [3.05, 3.63) is 60.8 Å². The maximum Gasteiger partial charge on any atom is 0.306 e. The third kappa shape index (κ3) is 48.3. The molecular formula is C55H98O5. The number of carbonyl (C=O) groups excluding carboxylic acids is 2. The highest BCUT2D eigenvalue weighted by molar-refractivity contribution is 5.70. The van der Waals surface area contributed by atoms with Gasteiger partial charge < -0.3 is 14.2 Å². The molecule has 5 nitrogen and oxygen atoms in total. The number of hydrogen-bond acceptors (Lipinski definition) is 5. The second-order valence-electron chi connectivity index (χ2n) is 17.1. The first-order valence-electron chi connectivity index (χ1n) is 25.8. The predicted octanol–water partition coefficient (Wildman–Crippen LogP) is 17.3. The van der Waals surface area contributed by atoms with E-state index in [0.29, 0.717) is 19.4 Å². The first-order valence-corrected chi connectivity index (χ1v) is 25.8. The average molecular weight is 839 g/mol. The number of esters is 2. The van der Waals surface area contributed by atoms with Gasteiger partial charge in [-0.05, 0) is 64.2 Å². The summed E-state index contributed by atoms with van der Waals surface area (Å²) in [5.74, 6) is -0.409. The molecular weight excluding hydrogens is 741 g/mol. The van der Waals surface area contributed by atoms with Gasteiger partial charge in [0, 0.05) is 19.4 Å². The average Bonchev–Trinajstić information content (AvgIpc) is 3.25. The molecule has 0 aromatic heterocycles. The topological polar surface area (TPSA) is 61.8 Å². The number of hydrogen-bond donors (Lipinski definition) is 0. The van der Waals surface area contributed by atoms with Gasteiger partial charge in [-0.3, -0.25) is 9.59 Å². The monoisotopic (exact) mass is 839 g/mol. The van der Waals surface area contributed by atoms with Crippen molar-refractivity contribution in [2.75, 3.05) is 19.8 Å². The van der Waals surface area contributed by atoms with Crippen LogP contribution in [0.3, 0.4) is 0 Å². The molecule has 0 aromatic carbocycles. The van der Waals surface area contributed by atoms with Gasteiger partial charge in [0.15, 0.2) is 6.10 Å². The molecule has 0 radical (unpaired) electrons. The molecule has 0 aliphatic carbocycles. The Hall–Kier alpha value is -2.40. The van der Waals surface area contributed by atoms with Crippen LogP contribution in [-0.2, 0) is 23.8 Å². The maximum absolute atomic E-state index is 12.7. The Kier molecular flexibility index (Phi) is 48.9. The molecule has 0 aromatic rings. The van der Waals surface area contributed by atoms with E-state index >= 15 is 0 Å². The Morgan fingerprint density at radius 3 is 1.20 bits per heavy atom. The van der Waals surface area contributed by atoms with Gasteiger partial charge in [0.2, 0.25) is 0 Å². The first kappa shape index (κ1) is 57.6. The highest BCUT2D eigenvalue weighted by Crippen LogP contribution is 2.15. The van der Waals surface area contributed by atoms with Gasteiger partial charge in [0.05, 0.1) is 6.61 Å². The van der Waals surface area contributed by atoms with Crippen LogP contribution in [0.2, 0.25) is 0 Å². The van der Waals surface area contributed by atoms with Crippen LogP contribution in [-0.4, -0.2) is 37.9 Å². The van der Waals surface area contributed by atoms with Crippen LogP contribution in [0.4, 0.5) is 0 Å². The van der Waals surface area contributed by atoms with E-state index in [1.54, 1.807) is 0 Å². The summed E-state index contributed by atoms with van der Waals surface area (Å²) in [6, 6.07) is 0. The zero-order valence-corrected chi connectivity index (χ0v) is 40.0. The summed E-state index contributed by atoms with van der Waals surface area (Å²) < 4.78 is 17.3. The van der Waals surface area contributed by atoms with Gasteiger partial charge in [0.25, 0.3) is 0 Å². The molecule has 0 amide bonds. The molecule has 0 N–H and O–H groups in total. The van der Waals surface area contributed by atoms with E-state index in [4.69, 9.17) is 14.2 Å². The van der Waals surface area contributed by atoms with Crippen molar-refractivity contribution in [2.45, 2.75) is 258 Å². The van der Waals surface area contributed by atoms with Crippen molar-refractivity contribution in [1.82, 2.24) is 0 Å². The van der Waals surface area contributed by atoms with E-state index in [2.05, 4.69) is 81.5 Å². The van der Waals surface area contributed by atoms with Crippen LogP contribution < -0.4 is 0 Å². The summed E-state index contributed by atoms with van der Waals surface area (Å²) >= 11 is 0. The fourth-order valence-corrected chi connectivity index (χ4v) is 7.24. The van der Waals surface area contributed by atoms with Crippen molar-refractivity contribution >= 4 is 11.9 Å². The summed E-state index contributed by atoms with van der Waals surface area (Å²) in [4.78, 5) is 25.2. The fourth-order valence-electron chi connectivity index (χ4n) is 7.24. The fraction of sp³-hybridized carbons (Fsp3) is 0.782. The normalized spacial score (nSPS) is 12.7. The lowest BCUT2D eigenvalue weighted by atomic mass is 10.0. The lowest BCUT2D eigenvalue weighted by molar-refractivity contribution is -0.163. The van der Waals surface area contributed by atoms with Crippen LogP contribution in [0.5, 0.6) is 0 Å². The Balaban J connectivity index is 4.14. The van der Waals surface area contributed by atoms with E-state index in [-0.39, 0.29) is 25.2 Å². The van der Waals surface area contributed by atoms with Crippen molar-refractivity contribution in [3.63, 3.8) is 0 Å². The Labute approximate surface area is 373 Å². The number of unbranched alkanes of at least 4 members (excludes halogenated alkanes) is 26. The van der Waals surface area contributed by atoms with Gasteiger partial charge in [0.1, 0.15) is 6.61 Å². The maximum atomic E-state index is 12.7. The summed E-state index contributed by atoms with van der Waals surface area (Å²) in [7, 11) is 0. The van der Waals surface area contributed by atoms with Crippen molar-refractivity contribution < 1.29 is 23.8 Å². The summed E-state index contributed by atoms with van der Waals surface area (Å²) in [5.41, 5.74) is 0. The van der Waals surface area contributed by atoms with Crippen LogP contribution >= 0.6 is 0 Å². The van der Waals surface area contributed by atoms with E-state index in [9.17, 15) is 9.59 Å². The molecule has 60 heavy (non-hydrogen) atoms. The molecule has 0 bridgehead atoms. The van der Waals surface area contributed by atoms with E-state index < -0.39 is 6.10 Å². The summed E-state index contributed by atoms with van der Waals surface area (Å²) in [6.07, 6.45) is 63.9. The number of allylic oxidation sites excluding steroid dienone is 10. The van der Waals surface area contributed by atoms with E-state index in [0.717, 1.165) is 77.0 Å². The molecule has 0 saturated heterocycles. The minimum atomic E-state index is -0.545. The van der Waals surface area contributed by atoms with Crippen molar-refractivity contribution in [1.29, 1.82) is 0 Å². The van der Waals surface area contributed by atoms with E-state index in [1.807, 2.05) is 0 Å². The molecule has 0 spiro atoms. The Morgan fingerprint density at radius 2 is 0.750 bits per heavy atom. The molecule has 0 heterocycles. The highest BCUT2D eigenvalue weighted by Gasteiger charge is 2.17. The van der Waals surface area contributed by atoms with Crippen molar-refractivity contribution in [2.24, 2.45) is 0 Å². The summed E-state index contributed by atoms with van der Waals surface area (Å²) in [5, 5.41) is 0. The van der Waals surface area contributed by atoms with Crippen molar-refractivity contribution in [3.8, 4) is 0 Å². The van der Waals surface area contributed by atoms with Gasteiger partial charge in [-0.25, -0.2) is 0 Å². The van der Waals surface area contributed by atoms with Gasteiger partial charge >= 0.3 is 11.9 Å². The lowest BCUT2D eigenvalue weighted by Crippen LogP contribution is -2.30. The molecule has 0 saturated carbocycles. The summed E-state index contributed by atoms with van der Waals surface area (Å²) in [6.45, 7) is 7.65. The molecule has 5 heteroatoms. The van der Waals surface area contributed by atoms with Crippen LogP contribution in [0.1, 0.15) is 252 Å². The molecule has 0 fully saturated rings. The SMILES string of the molecule is CC/C=C\C/C=C\C/C=C\C/C=C\C/C=C\CCCCCCOCC(COC(=O)CCCCCCCCCCCCCCCCCCC)OC(=O)CCCCCCCCC. The smallest absolute Gasteiger partial charge is 0.306 e. The highest BCUT2D eigenvalue weighted by atomic mass is 16.6.